The fourth-order valence-corrected chi connectivity index (χ4v) is 3.38. The second kappa shape index (κ2) is 6.36. The first-order valence-corrected chi connectivity index (χ1v) is 8.14. The molecule has 0 bridgehead atoms. The molecule has 3 heterocycles. The molecule has 0 atom stereocenters. The molecular weight excluding hydrogens is 300 g/mol. The molecule has 1 aliphatic heterocycles. The van der Waals surface area contributed by atoms with E-state index in [9.17, 15) is 9.59 Å². The van der Waals surface area contributed by atoms with E-state index in [1.807, 2.05) is 24.0 Å². The molecule has 0 radical (unpaired) electrons. The van der Waals surface area contributed by atoms with Crippen molar-refractivity contribution in [3.63, 3.8) is 0 Å². The predicted octanol–water partition coefficient (Wildman–Crippen LogP) is 2.68. The van der Waals surface area contributed by atoms with Crippen molar-refractivity contribution in [2.45, 2.75) is 25.8 Å². The van der Waals surface area contributed by atoms with E-state index >= 15 is 0 Å². The van der Waals surface area contributed by atoms with Gasteiger partial charge in [0.1, 0.15) is 6.26 Å². The van der Waals surface area contributed by atoms with Crippen LogP contribution in [0.5, 0.6) is 0 Å². The van der Waals surface area contributed by atoms with Crippen LogP contribution in [-0.4, -0.2) is 35.8 Å². The minimum atomic E-state index is -0.0160. The molecule has 0 unspecified atom stereocenters. The summed E-state index contributed by atoms with van der Waals surface area (Å²) in [5, 5.41) is 3.06. The van der Waals surface area contributed by atoms with Crippen LogP contribution in [0, 0.1) is 6.92 Å². The van der Waals surface area contributed by atoms with Crippen molar-refractivity contribution in [1.29, 1.82) is 0 Å². The van der Waals surface area contributed by atoms with Crippen molar-refractivity contribution in [2.24, 2.45) is 0 Å². The summed E-state index contributed by atoms with van der Waals surface area (Å²) in [6, 6.07) is 5.61. The molecule has 1 aliphatic rings. The molecule has 1 saturated heterocycles. The van der Waals surface area contributed by atoms with Gasteiger partial charge < -0.3 is 14.6 Å². The van der Waals surface area contributed by atoms with Gasteiger partial charge in [-0.05, 0) is 38.0 Å². The van der Waals surface area contributed by atoms with Gasteiger partial charge in [-0.1, -0.05) is 0 Å². The van der Waals surface area contributed by atoms with Crippen molar-refractivity contribution in [2.75, 3.05) is 13.1 Å². The summed E-state index contributed by atoms with van der Waals surface area (Å²) in [6.07, 6.45) is 4.53. The summed E-state index contributed by atoms with van der Waals surface area (Å²) in [4.78, 5) is 28.0. The Morgan fingerprint density at radius 2 is 2.05 bits per heavy atom. The van der Waals surface area contributed by atoms with Crippen LogP contribution >= 0.6 is 11.3 Å². The average molecular weight is 318 g/mol. The van der Waals surface area contributed by atoms with Gasteiger partial charge in [-0.25, -0.2) is 0 Å². The molecule has 2 aromatic heterocycles. The lowest BCUT2D eigenvalue weighted by molar-refractivity contribution is 0.0697. The van der Waals surface area contributed by atoms with E-state index in [0.717, 1.165) is 22.6 Å². The Morgan fingerprint density at radius 3 is 2.64 bits per heavy atom. The predicted molar refractivity (Wildman–Crippen MR) is 84.2 cm³/mol. The molecule has 116 valence electrons. The second-order valence-corrected chi connectivity index (χ2v) is 6.75. The first kappa shape index (κ1) is 14.8. The molecule has 22 heavy (non-hydrogen) atoms. The standard InChI is InChI=1S/C16H18N2O3S/c1-11-2-3-14(22-11)15(19)17-13-4-7-18(8-5-13)16(20)12-6-9-21-10-12/h2-3,6,9-10,13H,4-5,7-8H2,1H3,(H,17,19). The molecule has 5 nitrogen and oxygen atoms in total. The fourth-order valence-electron chi connectivity index (χ4n) is 2.61. The highest BCUT2D eigenvalue weighted by molar-refractivity contribution is 7.13. The smallest absolute Gasteiger partial charge is 0.261 e. The maximum absolute atomic E-state index is 12.2. The number of nitrogens with zero attached hydrogens (tertiary/aromatic N) is 1. The summed E-state index contributed by atoms with van der Waals surface area (Å²) < 4.78 is 4.95. The van der Waals surface area contributed by atoms with Gasteiger partial charge in [-0.3, -0.25) is 9.59 Å². The van der Waals surface area contributed by atoms with Crippen LogP contribution in [0.4, 0.5) is 0 Å². The molecule has 3 rings (SSSR count). The van der Waals surface area contributed by atoms with E-state index in [1.165, 1.54) is 23.9 Å². The lowest BCUT2D eigenvalue weighted by Crippen LogP contribution is -2.46. The number of carbonyl (C=O) groups excluding carboxylic acids is 2. The van der Waals surface area contributed by atoms with Crippen molar-refractivity contribution < 1.29 is 14.0 Å². The Morgan fingerprint density at radius 1 is 1.27 bits per heavy atom. The van der Waals surface area contributed by atoms with Crippen LogP contribution in [0.2, 0.25) is 0 Å². The van der Waals surface area contributed by atoms with E-state index in [0.29, 0.717) is 18.7 Å². The number of piperidine rings is 1. The topological polar surface area (TPSA) is 62.6 Å². The zero-order valence-electron chi connectivity index (χ0n) is 12.4. The first-order chi connectivity index (χ1) is 10.6. The van der Waals surface area contributed by atoms with E-state index in [4.69, 9.17) is 4.42 Å². The lowest BCUT2D eigenvalue weighted by atomic mass is 10.0. The van der Waals surface area contributed by atoms with Crippen molar-refractivity contribution in [1.82, 2.24) is 10.2 Å². The molecular formula is C16H18N2O3S. The molecule has 2 amide bonds. The zero-order chi connectivity index (χ0) is 15.5. The summed E-state index contributed by atoms with van der Waals surface area (Å²) in [5.74, 6) is -0.0230. The number of hydrogen-bond donors (Lipinski definition) is 1. The Labute approximate surface area is 132 Å². The molecule has 0 spiro atoms. The van der Waals surface area contributed by atoms with Crippen molar-refractivity contribution >= 4 is 23.2 Å². The Bertz CT molecular complexity index is 655. The van der Waals surface area contributed by atoms with Crippen molar-refractivity contribution in [3.05, 3.63) is 46.0 Å². The lowest BCUT2D eigenvalue weighted by Gasteiger charge is -2.32. The minimum Gasteiger partial charge on any atom is -0.472 e. The fraction of sp³-hybridized carbons (Fsp3) is 0.375. The molecule has 0 aliphatic carbocycles. The van der Waals surface area contributed by atoms with Gasteiger partial charge in [0.05, 0.1) is 16.7 Å². The number of amides is 2. The number of furan rings is 1. The van der Waals surface area contributed by atoms with Gasteiger partial charge in [0, 0.05) is 24.0 Å². The van der Waals surface area contributed by atoms with Crippen molar-refractivity contribution in [3.8, 4) is 0 Å². The van der Waals surface area contributed by atoms with E-state index in [-0.39, 0.29) is 17.9 Å². The molecule has 1 N–H and O–H groups in total. The Kier molecular flexibility index (Phi) is 4.29. The van der Waals surface area contributed by atoms with Crippen LogP contribution in [0.1, 0.15) is 37.7 Å². The zero-order valence-corrected chi connectivity index (χ0v) is 13.2. The van der Waals surface area contributed by atoms with E-state index < -0.39 is 0 Å². The van der Waals surface area contributed by atoms with Gasteiger partial charge in [-0.15, -0.1) is 11.3 Å². The van der Waals surface area contributed by atoms with Crippen LogP contribution in [0.15, 0.2) is 35.1 Å². The monoisotopic (exact) mass is 318 g/mol. The SMILES string of the molecule is Cc1ccc(C(=O)NC2CCN(C(=O)c3ccoc3)CC2)s1. The minimum absolute atomic E-state index is 0.00703. The van der Waals surface area contributed by atoms with Gasteiger partial charge in [-0.2, -0.15) is 0 Å². The number of thiophene rings is 1. The third kappa shape index (κ3) is 3.22. The van der Waals surface area contributed by atoms with Gasteiger partial charge in [0.2, 0.25) is 0 Å². The maximum atomic E-state index is 12.2. The highest BCUT2D eigenvalue weighted by atomic mass is 32.1. The third-order valence-electron chi connectivity index (χ3n) is 3.85. The third-order valence-corrected chi connectivity index (χ3v) is 4.85. The maximum Gasteiger partial charge on any atom is 0.261 e. The number of nitrogens with one attached hydrogen (secondary N) is 1. The van der Waals surface area contributed by atoms with Gasteiger partial charge >= 0.3 is 0 Å². The Hall–Kier alpha value is -2.08. The van der Waals surface area contributed by atoms with E-state index in [1.54, 1.807) is 6.07 Å². The number of likely N-dealkylation sites (tertiary alicyclic amines) is 1. The number of carbonyl (C=O) groups is 2. The molecule has 6 heteroatoms. The number of rotatable bonds is 3. The van der Waals surface area contributed by atoms with Crippen LogP contribution in [0.3, 0.4) is 0 Å². The number of aryl methyl sites for hydroxylation is 1. The summed E-state index contributed by atoms with van der Waals surface area (Å²) in [5.41, 5.74) is 0.580. The van der Waals surface area contributed by atoms with Crippen LogP contribution in [-0.2, 0) is 0 Å². The second-order valence-electron chi connectivity index (χ2n) is 5.46. The van der Waals surface area contributed by atoms with Crippen LogP contribution < -0.4 is 5.32 Å². The highest BCUT2D eigenvalue weighted by Gasteiger charge is 2.25. The normalized spacial score (nSPS) is 15.8. The van der Waals surface area contributed by atoms with E-state index in [2.05, 4.69) is 5.32 Å². The molecule has 2 aromatic rings. The van der Waals surface area contributed by atoms with Gasteiger partial charge in [0.25, 0.3) is 11.8 Å². The first-order valence-electron chi connectivity index (χ1n) is 7.32. The average Bonchev–Trinajstić information content (AvgIpc) is 3.18. The quantitative estimate of drug-likeness (QED) is 0.946. The number of hydrogen-bond acceptors (Lipinski definition) is 4. The summed E-state index contributed by atoms with van der Waals surface area (Å²) in [6.45, 7) is 3.29. The molecule has 0 aromatic carbocycles. The largest absolute Gasteiger partial charge is 0.472 e. The Balaban J connectivity index is 1.51. The van der Waals surface area contributed by atoms with Crippen LogP contribution in [0.25, 0.3) is 0 Å². The molecule has 0 saturated carbocycles. The summed E-state index contributed by atoms with van der Waals surface area (Å²) >= 11 is 1.50. The summed E-state index contributed by atoms with van der Waals surface area (Å²) in [7, 11) is 0. The molecule has 1 fully saturated rings. The highest BCUT2D eigenvalue weighted by Crippen LogP contribution is 2.18. The van der Waals surface area contributed by atoms with Gasteiger partial charge in [0.15, 0.2) is 0 Å².